The van der Waals surface area contributed by atoms with Crippen LogP contribution >= 0.6 is 11.3 Å². The zero-order valence-electron chi connectivity index (χ0n) is 26.1. The molecule has 0 spiro atoms. The van der Waals surface area contributed by atoms with E-state index in [1.807, 2.05) is 18.2 Å². The van der Waals surface area contributed by atoms with Gasteiger partial charge in [-0.25, -0.2) is 9.97 Å². The number of nitrogens with zero attached hydrogens (tertiary/aromatic N) is 3. The Morgan fingerprint density at radius 2 is 1.33 bits per heavy atom. The van der Waals surface area contributed by atoms with E-state index in [2.05, 4.69) is 138 Å². The van der Waals surface area contributed by atoms with Crippen LogP contribution in [0.4, 0.5) is 0 Å². The molecule has 0 bridgehead atoms. The van der Waals surface area contributed by atoms with Crippen molar-refractivity contribution in [2.45, 2.75) is 0 Å². The molecule has 0 aliphatic carbocycles. The molecule has 0 aliphatic heterocycles. The third kappa shape index (κ3) is 3.85. The molecule has 4 nitrogen and oxygen atoms in total. The van der Waals surface area contributed by atoms with Crippen LogP contribution in [0, 0.1) is 0 Å². The third-order valence-corrected chi connectivity index (χ3v) is 11.0. The standard InChI is InChI=1S/C44H25N3OS/c1-2-12-27(13-3-1)41-43-42(32-16-7-9-20-38(32)49-43)46-44(45-41)33-17-10-19-36-40(33)31-23-22-28(25-37(31)48-36)47-34-18-8-6-15-30(34)39-29-14-5-4-11-26(29)21-24-35(39)47/h1-25H. The van der Waals surface area contributed by atoms with Crippen molar-refractivity contribution in [3.05, 3.63) is 152 Å². The summed E-state index contributed by atoms with van der Waals surface area (Å²) in [5.74, 6) is 0.696. The minimum Gasteiger partial charge on any atom is -0.456 e. The first-order chi connectivity index (χ1) is 24.3. The van der Waals surface area contributed by atoms with Crippen LogP contribution in [-0.2, 0) is 0 Å². The van der Waals surface area contributed by atoms with E-state index < -0.39 is 0 Å². The molecule has 4 heterocycles. The van der Waals surface area contributed by atoms with E-state index in [1.165, 1.54) is 37.3 Å². The van der Waals surface area contributed by atoms with Crippen molar-refractivity contribution >= 4 is 86.2 Å². The Kier molecular flexibility index (Phi) is 5.51. The first-order valence-electron chi connectivity index (χ1n) is 16.4. The highest BCUT2D eigenvalue weighted by molar-refractivity contribution is 7.26. The van der Waals surface area contributed by atoms with Crippen LogP contribution in [0.25, 0.3) is 103 Å². The number of thiophene rings is 1. The van der Waals surface area contributed by atoms with Crippen LogP contribution in [0.3, 0.4) is 0 Å². The fraction of sp³-hybridized carbons (Fsp3) is 0. The molecule has 11 rings (SSSR count). The van der Waals surface area contributed by atoms with E-state index in [4.69, 9.17) is 14.4 Å². The van der Waals surface area contributed by atoms with Gasteiger partial charge < -0.3 is 8.98 Å². The first-order valence-corrected chi connectivity index (χ1v) is 17.2. The molecular formula is C44H25N3OS. The molecule has 49 heavy (non-hydrogen) atoms. The molecule has 0 radical (unpaired) electrons. The quantitative estimate of drug-likeness (QED) is 0.192. The van der Waals surface area contributed by atoms with Crippen molar-refractivity contribution < 1.29 is 4.42 Å². The summed E-state index contributed by atoms with van der Waals surface area (Å²) >= 11 is 1.75. The second-order valence-corrected chi connectivity index (χ2v) is 13.6. The van der Waals surface area contributed by atoms with Gasteiger partial charge in [-0.1, -0.05) is 109 Å². The van der Waals surface area contributed by atoms with Crippen molar-refractivity contribution in [2.24, 2.45) is 0 Å². The van der Waals surface area contributed by atoms with Gasteiger partial charge in [0.05, 0.1) is 26.9 Å². The molecule has 0 aliphatic rings. The fourth-order valence-electron chi connectivity index (χ4n) is 7.66. The normalized spacial score (nSPS) is 12.1. The van der Waals surface area contributed by atoms with Gasteiger partial charge in [-0.15, -0.1) is 11.3 Å². The van der Waals surface area contributed by atoms with E-state index in [0.29, 0.717) is 5.82 Å². The number of rotatable bonds is 3. The largest absolute Gasteiger partial charge is 0.456 e. The van der Waals surface area contributed by atoms with Crippen molar-refractivity contribution in [1.29, 1.82) is 0 Å². The molecule has 0 unspecified atom stereocenters. The van der Waals surface area contributed by atoms with Crippen LogP contribution in [0.5, 0.6) is 0 Å². The molecule has 11 aromatic rings. The maximum Gasteiger partial charge on any atom is 0.161 e. The summed E-state index contributed by atoms with van der Waals surface area (Å²) in [5, 5.41) is 8.22. The lowest BCUT2D eigenvalue weighted by atomic mass is 10.0. The Bertz CT molecular complexity index is 3110. The summed E-state index contributed by atoms with van der Waals surface area (Å²) in [6.45, 7) is 0. The van der Waals surface area contributed by atoms with Crippen molar-refractivity contribution in [3.8, 4) is 28.3 Å². The van der Waals surface area contributed by atoms with E-state index in [9.17, 15) is 0 Å². The summed E-state index contributed by atoms with van der Waals surface area (Å²) in [6, 6.07) is 53.5. The van der Waals surface area contributed by atoms with E-state index in [-0.39, 0.29) is 0 Å². The van der Waals surface area contributed by atoms with Gasteiger partial charge in [0, 0.05) is 54.5 Å². The lowest BCUT2D eigenvalue weighted by Crippen LogP contribution is -1.94. The number of benzene rings is 7. The van der Waals surface area contributed by atoms with Crippen LogP contribution < -0.4 is 0 Å². The van der Waals surface area contributed by atoms with Gasteiger partial charge in [-0.2, -0.15) is 0 Å². The molecule has 0 amide bonds. The topological polar surface area (TPSA) is 43.9 Å². The third-order valence-electron chi connectivity index (χ3n) is 9.81. The predicted octanol–water partition coefficient (Wildman–Crippen LogP) is 12.3. The van der Waals surface area contributed by atoms with Gasteiger partial charge in [-0.3, -0.25) is 0 Å². The first kappa shape index (κ1) is 26.7. The zero-order valence-corrected chi connectivity index (χ0v) is 26.9. The highest BCUT2D eigenvalue weighted by atomic mass is 32.1. The van der Waals surface area contributed by atoms with Gasteiger partial charge in [0.25, 0.3) is 0 Å². The monoisotopic (exact) mass is 643 g/mol. The lowest BCUT2D eigenvalue weighted by Gasteiger charge is -2.09. The average Bonchev–Trinajstić information content (AvgIpc) is 3.84. The number of furan rings is 1. The number of hydrogen-bond donors (Lipinski definition) is 0. The molecule has 0 N–H and O–H groups in total. The Morgan fingerprint density at radius 1 is 0.531 bits per heavy atom. The summed E-state index contributed by atoms with van der Waals surface area (Å²) in [7, 11) is 0. The lowest BCUT2D eigenvalue weighted by molar-refractivity contribution is 0.668. The summed E-state index contributed by atoms with van der Waals surface area (Å²) < 4.78 is 11.3. The Labute approximate surface area is 284 Å². The van der Waals surface area contributed by atoms with E-state index in [0.717, 1.165) is 60.0 Å². The smallest absolute Gasteiger partial charge is 0.161 e. The minimum atomic E-state index is 0.696. The second-order valence-electron chi connectivity index (χ2n) is 12.5. The molecule has 0 saturated carbocycles. The number of para-hydroxylation sites is 1. The Morgan fingerprint density at radius 3 is 2.24 bits per heavy atom. The molecule has 228 valence electrons. The summed E-state index contributed by atoms with van der Waals surface area (Å²) in [5.41, 5.74) is 9.02. The maximum atomic E-state index is 6.64. The van der Waals surface area contributed by atoms with Gasteiger partial charge >= 0.3 is 0 Å². The molecule has 0 fully saturated rings. The van der Waals surface area contributed by atoms with E-state index >= 15 is 0 Å². The minimum absolute atomic E-state index is 0.696. The highest BCUT2D eigenvalue weighted by Crippen LogP contribution is 2.43. The number of fused-ring (bicyclic) bond motifs is 11. The Balaban J connectivity index is 1.16. The highest BCUT2D eigenvalue weighted by Gasteiger charge is 2.21. The predicted molar refractivity (Wildman–Crippen MR) is 205 cm³/mol. The Hall–Kier alpha value is -6.30. The van der Waals surface area contributed by atoms with Crippen molar-refractivity contribution in [2.75, 3.05) is 0 Å². The number of hydrogen-bond acceptors (Lipinski definition) is 4. The second kappa shape index (κ2) is 10.1. The van der Waals surface area contributed by atoms with Gasteiger partial charge in [0.1, 0.15) is 11.2 Å². The van der Waals surface area contributed by atoms with Gasteiger partial charge in [-0.05, 0) is 47.2 Å². The SMILES string of the molecule is c1ccc(-c2nc(-c3cccc4oc5cc(-n6c7ccccc7c7c8ccccc8ccc76)ccc5c34)nc3c2sc2ccccc23)cc1. The van der Waals surface area contributed by atoms with Crippen molar-refractivity contribution in [3.63, 3.8) is 0 Å². The summed E-state index contributed by atoms with van der Waals surface area (Å²) in [6.07, 6.45) is 0. The molecule has 0 atom stereocenters. The van der Waals surface area contributed by atoms with Crippen LogP contribution in [0.2, 0.25) is 0 Å². The number of aromatic nitrogens is 3. The van der Waals surface area contributed by atoms with Gasteiger partial charge in [0.2, 0.25) is 0 Å². The molecule has 7 aromatic carbocycles. The van der Waals surface area contributed by atoms with Crippen LogP contribution in [-0.4, -0.2) is 14.5 Å². The molecule has 4 aromatic heterocycles. The fourth-order valence-corrected chi connectivity index (χ4v) is 8.81. The van der Waals surface area contributed by atoms with Crippen LogP contribution in [0.1, 0.15) is 0 Å². The molecule has 0 saturated heterocycles. The van der Waals surface area contributed by atoms with Crippen LogP contribution in [0.15, 0.2) is 156 Å². The zero-order chi connectivity index (χ0) is 32.1. The molecule has 5 heteroatoms. The maximum absolute atomic E-state index is 6.64. The average molecular weight is 644 g/mol. The van der Waals surface area contributed by atoms with E-state index in [1.54, 1.807) is 11.3 Å². The summed E-state index contributed by atoms with van der Waals surface area (Å²) in [4.78, 5) is 10.5. The molecular weight excluding hydrogens is 619 g/mol. The van der Waals surface area contributed by atoms with Crippen molar-refractivity contribution in [1.82, 2.24) is 14.5 Å². The van der Waals surface area contributed by atoms with Gasteiger partial charge in [0.15, 0.2) is 5.82 Å².